The van der Waals surface area contributed by atoms with Gasteiger partial charge in [0.15, 0.2) is 5.82 Å². The van der Waals surface area contributed by atoms with Crippen molar-refractivity contribution < 1.29 is 4.74 Å². The fourth-order valence-electron chi connectivity index (χ4n) is 1.84. The summed E-state index contributed by atoms with van der Waals surface area (Å²) in [5.41, 5.74) is 4.36. The Labute approximate surface area is 117 Å². The minimum absolute atomic E-state index is 0.575. The van der Waals surface area contributed by atoms with Gasteiger partial charge in [-0.2, -0.15) is 5.10 Å². The predicted octanol–water partition coefficient (Wildman–Crippen LogP) is 2.65. The van der Waals surface area contributed by atoms with E-state index >= 15 is 0 Å². The summed E-state index contributed by atoms with van der Waals surface area (Å²) < 4.78 is 7.97. The number of benzene rings is 1. The van der Waals surface area contributed by atoms with Crippen LogP contribution in [0.1, 0.15) is 25.2 Å². The maximum absolute atomic E-state index is 5.59. The minimum Gasteiger partial charge on any atom is -0.494 e. The zero-order chi connectivity index (χ0) is 13.7. The first kappa shape index (κ1) is 13.6. The fraction of sp³-hybridized carbons (Fsp3) is 0.385. The molecule has 2 rings (SSSR count). The number of nitrogens with zero attached hydrogens (tertiary/aromatic N) is 2. The van der Waals surface area contributed by atoms with Gasteiger partial charge in [0.05, 0.1) is 13.2 Å². The molecule has 0 atom stereocenters. The second-order valence-electron chi connectivity index (χ2n) is 4.01. The van der Waals surface area contributed by atoms with Crippen molar-refractivity contribution in [2.45, 2.75) is 26.8 Å². The molecule has 19 heavy (non-hydrogen) atoms. The smallest absolute Gasteiger partial charge is 0.214 e. The van der Waals surface area contributed by atoms with Gasteiger partial charge in [0, 0.05) is 12.0 Å². The highest BCUT2D eigenvalue weighted by Crippen LogP contribution is 2.17. The Bertz CT molecular complexity index is 590. The van der Waals surface area contributed by atoms with E-state index in [-0.39, 0.29) is 0 Å². The monoisotopic (exact) mass is 278 g/mol. The Morgan fingerprint density at radius 3 is 2.89 bits per heavy atom. The number of nitrogens with one attached hydrogen (secondary N) is 2. The number of para-hydroxylation sites is 1. The zero-order valence-electron chi connectivity index (χ0n) is 11.1. The summed E-state index contributed by atoms with van der Waals surface area (Å²) in [4.78, 5) is 0. The van der Waals surface area contributed by atoms with Crippen LogP contribution in [0.2, 0.25) is 0 Å². The molecule has 1 aromatic carbocycles. The van der Waals surface area contributed by atoms with Gasteiger partial charge in [-0.3, -0.25) is 5.10 Å². The van der Waals surface area contributed by atoms with E-state index in [1.807, 2.05) is 38.1 Å². The van der Waals surface area contributed by atoms with Crippen LogP contribution >= 0.6 is 12.2 Å². The Morgan fingerprint density at radius 2 is 2.16 bits per heavy atom. The maximum atomic E-state index is 5.59. The molecule has 0 aliphatic carbocycles. The number of aryl methyl sites for hydroxylation is 1. The molecule has 2 N–H and O–H groups in total. The van der Waals surface area contributed by atoms with Crippen LogP contribution in [0.25, 0.3) is 0 Å². The molecule has 0 amide bonds. The summed E-state index contributed by atoms with van der Waals surface area (Å²) >= 11 is 5.19. The van der Waals surface area contributed by atoms with Gasteiger partial charge in [-0.15, -0.1) is 0 Å². The van der Waals surface area contributed by atoms with E-state index < -0.39 is 0 Å². The van der Waals surface area contributed by atoms with Crippen LogP contribution in [0, 0.1) is 4.77 Å². The van der Waals surface area contributed by atoms with E-state index in [9.17, 15) is 0 Å². The van der Waals surface area contributed by atoms with Gasteiger partial charge in [-0.05, 0) is 25.2 Å². The summed E-state index contributed by atoms with van der Waals surface area (Å²) in [7, 11) is 0. The Morgan fingerprint density at radius 1 is 1.37 bits per heavy atom. The average Bonchev–Trinajstić information content (AvgIpc) is 2.79. The molecule has 1 aromatic heterocycles. The topological polar surface area (TPSA) is 54.9 Å². The van der Waals surface area contributed by atoms with Gasteiger partial charge >= 0.3 is 0 Å². The number of H-pyrrole nitrogens is 1. The highest BCUT2D eigenvalue weighted by Gasteiger charge is 2.05. The molecule has 0 saturated heterocycles. The third kappa shape index (κ3) is 3.14. The Balaban J connectivity index is 2.14. The zero-order valence-corrected chi connectivity index (χ0v) is 12.0. The van der Waals surface area contributed by atoms with Crippen molar-refractivity contribution in [1.82, 2.24) is 14.9 Å². The van der Waals surface area contributed by atoms with E-state index in [4.69, 9.17) is 17.0 Å². The van der Waals surface area contributed by atoms with E-state index in [0.717, 1.165) is 23.6 Å². The SMILES string of the molecule is CCOc1ccccc1CNn1c(CC)n[nH]c1=S. The van der Waals surface area contributed by atoms with Crippen molar-refractivity contribution in [1.29, 1.82) is 0 Å². The first-order valence-corrected chi connectivity index (χ1v) is 6.78. The number of aromatic nitrogens is 3. The van der Waals surface area contributed by atoms with Gasteiger partial charge in [0.25, 0.3) is 0 Å². The lowest BCUT2D eigenvalue weighted by Crippen LogP contribution is -2.17. The van der Waals surface area contributed by atoms with Gasteiger partial charge in [0.1, 0.15) is 5.75 Å². The number of hydrogen-bond acceptors (Lipinski definition) is 4. The number of rotatable bonds is 6. The van der Waals surface area contributed by atoms with Crippen molar-refractivity contribution in [2.24, 2.45) is 0 Å². The molecule has 6 heteroatoms. The van der Waals surface area contributed by atoms with Crippen LogP contribution in [-0.4, -0.2) is 21.5 Å². The quantitative estimate of drug-likeness (QED) is 0.798. The molecule has 0 spiro atoms. The van der Waals surface area contributed by atoms with Crippen LogP contribution in [0.5, 0.6) is 5.75 Å². The lowest BCUT2D eigenvalue weighted by Gasteiger charge is -2.12. The van der Waals surface area contributed by atoms with Crippen molar-refractivity contribution in [3.63, 3.8) is 0 Å². The van der Waals surface area contributed by atoms with Crippen LogP contribution < -0.4 is 10.2 Å². The molecule has 0 saturated carbocycles. The molecule has 1 heterocycles. The van der Waals surface area contributed by atoms with Crippen LogP contribution in [0.3, 0.4) is 0 Å². The molecule has 102 valence electrons. The highest BCUT2D eigenvalue weighted by molar-refractivity contribution is 7.71. The largest absolute Gasteiger partial charge is 0.494 e. The van der Waals surface area contributed by atoms with E-state index in [1.165, 1.54) is 0 Å². The van der Waals surface area contributed by atoms with Crippen LogP contribution in [0.4, 0.5) is 0 Å². The molecule has 0 bridgehead atoms. The molecule has 0 aliphatic rings. The normalized spacial score (nSPS) is 10.4. The predicted molar refractivity (Wildman–Crippen MR) is 77.5 cm³/mol. The third-order valence-electron chi connectivity index (χ3n) is 2.76. The molecule has 0 unspecified atom stereocenters. The Kier molecular flexibility index (Phi) is 4.57. The Hall–Kier alpha value is -1.82. The van der Waals surface area contributed by atoms with Crippen molar-refractivity contribution in [2.75, 3.05) is 12.0 Å². The maximum Gasteiger partial charge on any atom is 0.214 e. The molecule has 0 aliphatic heterocycles. The van der Waals surface area contributed by atoms with E-state index in [0.29, 0.717) is 17.9 Å². The molecule has 2 aromatic rings. The van der Waals surface area contributed by atoms with E-state index in [1.54, 1.807) is 4.68 Å². The summed E-state index contributed by atoms with van der Waals surface area (Å²) in [5, 5.41) is 6.94. The molecule has 0 fully saturated rings. The van der Waals surface area contributed by atoms with Crippen LogP contribution in [0.15, 0.2) is 24.3 Å². The van der Waals surface area contributed by atoms with Crippen molar-refractivity contribution in [3.8, 4) is 5.75 Å². The molecule has 5 nitrogen and oxygen atoms in total. The molecular formula is C13H18N4OS. The minimum atomic E-state index is 0.575. The third-order valence-corrected chi connectivity index (χ3v) is 3.03. The van der Waals surface area contributed by atoms with Gasteiger partial charge < -0.3 is 10.2 Å². The second-order valence-corrected chi connectivity index (χ2v) is 4.40. The standard InChI is InChI=1S/C13H18N4OS/c1-3-12-15-16-13(19)17(12)14-9-10-7-5-6-8-11(10)18-4-2/h5-8,14H,3-4,9H2,1-2H3,(H,16,19). The van der Waals surface area contributed by atoms with Crippen molar-refractivity contribution >= 4 is 12.2 Å². The second kappa shape index (κ2) is 6.38. The summed E-state index contributed by atoms with van der Waals surface area (Å²) in [6, 6.07) is 7.97. The number of aromatic amines is 1. The first-order valence-electron chi connectivity index (χ1n) is 6.37. The highest BCUT2D eigenvalue weighted by atomic mass is 32.1. The number of ether oxygens (including phenoxy) is 1. The summed E-state index contributed by atoms with van der Waals surface area (Å²) in [6.07, 6.45) is 0.813. The van der Waals surface area contributed by atoms with Crippen LogP contribution in [-0.2, 0) is 13.0 Å². The lowest BCUT2D eigenvalue weighted by atomic mass is 10.2. The fourth-order valence-corrected chi connectivity index (χ4v) is 2.06. The average molecular weight is 278 g/mol. The number of hydrogen-bond donors (Lipinski definition) is 2. The molecular weight excluding hydrogens is 260 g/mol. The van der Waals surface area contributed by atoms with Gasteiger partial charge in [-0.25, -0.2) is 4.68 Å². The van der Waals surface area contributed by atoms with Gasteiger partial charge in [0.2, 0.25) is 4.77 Å². The first-order chi connectivity index (χ1) is 9.26. The summed E-state index contributed by atoms with van der Waals surface area (Å²) in [5.74, 6) is 1.78. The lowest BCUT2D eigenvalue weighted by molar-refractivity contribution is 0.336. The molecule has 0 radical (unpaired) electrons. The van der Waals surface area contributed by atoms with Crippen molar-refractivity contribution in [3.05, 3.63) is 40.4 Å². The van der Waals surface area contributed by atoms with E-state index in [2.05, 4.69) is 15.6 Å². The summed E-state index contributed by atoms with van der Waals surface area (Å²) in [6.45, 7) is 5.31. The van der Waals surface area contributed by atoms with Gasteiger partial charge in [-0.1, -0.05) is 25.1 Å².